The molecule has 29 heavy (non-hydrogen) atoms. The Labute approximate surface area is 173 Å². The topological polar surface area (TPSA) is 132 Å². The largest absolute Gasteiger partial charge is 0.465 e. The van der Waals surface area contributed by atoms with Crippen LogP contribution in [0.15, 0.2) is 29.4 Å². The molecule has 10 nitrogen and oxygen atoms in total. The lowest BCUT2D eigenvalue weighted by atomic mass is 10.2. The molecule has 0 unspecified atom stereocenters. The summed E-state index contributed by atoms with van der Waals surface area (Å²) in [5, 5.41) is 11.4. The summed E-state index contributed by atoms with van der Waals surface area (Å²) < 4.78 is 31.6. The van der Waals surface area contributed by atoms with Gasteiger partial charge in [0, 0.05) is 17.8 Å². The van der Waals surface area contributed by atoms with Gasteiger partial charge in [0.05, 0.1) is 18.6 Å². The molecule has 158 valence electrons. The van der Waals surface area contributed by atoms with Crippen LogP contribution in [0.5, 0.6) is 0 Å². The van der Waals surface area contributed by atoms with E-state index in [1.54, 1.807) is 31.2 Å². The van der Waals surface area contributed by atoms with Gasteiger partial charge < -0.3 is 14.6 Å². The van der Waals surface area contributed by atoms with Gasteiger partial charge in [-0.15, -0.1) is 10.2 Å². The zero-order chi connectivity index (χ0) is 21.4. The number of carbonyl (C=O) groups excluding carboxylic acids is 2. The molecule has 0 bridgehead atoms. The fourth-order valence-electron chi connectivity index (χ4n) is 2.36. The highest BCUT2D eigenvalue weighted by atomic mass is 32.2. The van der Waals surface area contributed by atoms with Crippen molar-refractivity contribution in [3.63, 3.8) is 0 Å². The van der Waals surface area contributed by atoms with Gasteiger partial charge in [-0.1, -0.05) is 11.8 Å². The number of hydrogen-bond donors (Lipinski definition) is 2. The van der Waals surface area contributed by atoms with Crippen molar-refractivity contribution in [2.24, 2.45) is 0 Å². The second-order valence-corrected chi connectivity index (χ2v) is 8.56. The Balaban J connectivity index is 2.03. The number of thioether (sulfide) groups is 1. The first-order valence-corrected chi connectivity index (χ1v) is 11.7. The molecular formula is C17H23N5O5S2. The fraction of sp³-hybridized carbons (Fsp3) is 0.412. The highest BCUT2D eigenvalue weighted by Crippen LogP contribution is 2.25. The van der Waals surface area contributed by atoms with E-state index >= 15 is 0 Å². The first-order chi connectivity index (χ1) is 13.7. The Bertz CT molecular complexity index is 957. The lowest BCUT2D eigenvalue weighted by molar-refractivity contribution is -0.143. The van der Waals surface area contributed by atoms with Crippen LogP contribution in [-0.2, 0) is 30.9 Å². The highest BCUT2D eigenvalue weighted by Gasteiger charge is 2.15. The zero-order valence-corrected chi connectivity index (χ0v) is 18.0. The van der Waals surface area contributed by atoms with Crippen LogP contribution in [0, 0.1) is 0 Å². The Morgan fingerprint density at radius 3 is 2.45 bits per heavy atom. The average molecular weight is 442 g/mol. The summed E-state index contributed by atoms with van der Waals surface area (Å²) >= 11 is 1.20. The Morgan fingerprint density at radius 2 is 1.86 bits per heavy atom. The molecule has 2 N–H and O–H groups in total. The van der Waals surface area contributed by atoms with Crippen LogP contribution in [0.4, 0.5) is 5.69 Å². The molecule has 0 spiro atoms. The molecule has 0 radical (unpaired) electrons. The van der Waals surface area contributed by atoms with Gasteiger partial charge in [-0.25, -0.2) is 8.42 Å². The van der Waals surface area contributed by atoms with Crippen LogP contribution in [0.2, 0.25) is 0 Å². The molecule has 0 aliphatic heterocycles. The molecule has 1 amide bonds. The molecule has 0 saturated carbocycles. The highest BCUT2D eigenvalue weighted by molar-refractivity contribution is 7.99. The summed E-state index contributed by atoms with van der Waals surface area (Å²) in [4.78, 5) is 23.2. The van der Waals surface area contributed by atoms with E-state index in [9.17, 15) is 18.0 Å². The lowest BCUT2D eigenvalue weighted by Gasteiger charge is -2.09. The summed E-state index contributed by atoms with van der Waals surface area (Å²) in [6.45, 7) is 4.29. The fourth-order valence-corrected chi connectivity index (χ4v) is 3.76. The molecule has 1 aromatic heterocycles. The zero-order valence-electron chi connectivity index (χ0n) is 16.3. The number of hydrogen-bond acceptors (Lipinski definition) is 8. The monoisotopic (exact) mass is 441 g/mol. The maximum absolute atomic E-state index is 11.9. The van der Waals surface area contributed by atoms with E-state index in [4.69, 9.17) is 4.74 Å². The third kappa shape index (κ3) is 7.06. The number of nitrogens with one attached hydrogen (secondary N) is 2. The molecule has 1 heterocycles. The number of ether oxygens (including phenoxy) is 1. The Kier molecular flexibility index (Phi) is 8.02. The number of esters is 1. The molecule has 0 fully saturated rings. The van der Waals surface area contributed by atoms with Crippen molar-refractivity contribution < 1.29 is 22.7 Å². The van der Waals surface area contributed by atoms with Crippen molar-refractivity contribution >= 4 is 39.3 Å². The summed E-state index contributed by atoms with van der Waals surface area (Å²) in [6.07, 6.45) is 1.08. The molecule has 2 aromatic rings. The Morgan fingerprint density at radius 1 is 1.17 bits per heavy atom. The van der Waals surface area contributed by atoms with Crippen molar-refractivity contribution in [1.29, 1.82) is 0 Å². The molecule has 0 saturated heterocycles. The third-order valence-corrected chi connectivity index (χ3v) is 5.12. The van der Waals surface area contributed by atoms with Crippen LogP contribution in [-0.4, -0.2) is 60.2 Å². The van der Waals surface area contributed by atoms with Crippen LogP contribution in [0.1, 0.15) is 13.8 Å². The van der Waals surface area contributed by atoms with Gasteiger partial charge in [0.1, 0.15) is 6.54 Å². The maximum Gasteiger partial charge on any atom is 0.325 e. The molecule has 1 aromatic carbocycles. The molecule has 0 atom stereocenters. The van der Waals surface area contributed by atoms with Crippen LogP contribution >= 0.6 is 11.8 Å². The minimum Gasteiger partial charge on any atom is -0.465 e. The standard InChI is InChI=1S/C17H23N5O5S2/c1-4-22-16(12-6-8-13(9-7-12)21-29(3,25)26)19-20-17(22)28-11-14(23)18-10-15(24)27-5-2/h6-9,21H,4-5,10-11H2,1-3H3,(H,18,23). The predicted octanol–water partition coefficient (Wildman–Crippen LogP) is 1.11. The van der Waals surface area contributed by atoms with Gasteiger partial charge in [0.25, 0.3) is 0 Å². The molecular weight excluding hydrogens is 418 g/mol. The maximum atomic E-state index is 11.9. The smallest absolute Gasteiger partial charge is 0.325 e. The SMILES string of the molecule is CCOC(=O)CNC(=O)CSc1nnc(-c2ccc(NS(C)(=O)=O)cc2)n1CC. The van der Waals surface area contributed by atoms with E-state index in [0.717, 1.165) is 11.8 Å². The first kappa shape index (κ1) is 22.7. The van der Waals surface area contributed by atoms with Gasteiger partial charge in [0.2, 0.25) is 15.9 Å². The number of benzene rings is 1. The van der Waals surface area contributed by atoms with Gasteiger partial charge >= 0.3 is 5.97 Å². The third-order valence-electron chi connectivity index (χ3n) is 3.55. The number of nitrogens with zero attached hydrogens (tertiary/aromatic N) is 3. The predicted molar refractivity (Wildman–Crippen MR) is 110 cm³/mol. The summed E-state index contributed by atoms with van der Waals surface area (Å²) in [5.41, 5.74) is 1.21. The molecule has 2 rings (SSSR count). The normalized spacial score (nSPS) is 11.1. The summed E-state index contributed by atoms with van der Waals surface area (Å²) in [6, 6.07) is 6.76. The van der Waals surface area contributed by atoms with Crippen molar-refractivity contribution in [2.75, 3.05) is 29.9 Å². The van der Waals surface area contributed by atoms with Gasteiger partial charge in [0.15, 0.2) is 11.0 Å². The molecule has 12 heteroatoms. The lowest BCUT2D eigenvalue weighted by Crippen LogP contribution is -2.31. The number of amides is 1. The number of rotatable bonds is 10. The van der Waals surface area contributed by atoms with Crippen LogP contribution in [0.25, 0.3) is 11.4 Å². The first-order valence-electron chi connectivity index (χ1n) is 8.80. The quantitative estimate of drug-likeness (QED) is 0.414. The van der Waals surface area contributed by atoms with Crippen molar-refractivity contribution in [1.82, 2.24) is 20.1 Å². The number of sulfonamides is 1. The minimum atomic E-state index is -3.35. The second-order valence-electron chi connectivity index (χ2n) is 5.87. The molecule has 0 aliphatic rings. The number of aromatic nitrogens is 3. The van der Waals surface area contributed by atoms with E-state index in [1.165, 1.54) is 11.8 Å². The van der Waals surface area contributed by atoms with E-state index < -0.39 is 16.0 Å². The van der Waals surface area contributed by atoms with Crippen LogP contribution < -0.4 is 10.0 Å². The summed E-state index contributed by atoms with van der Waals surface area (Å²) in [5.74, 6) is -0.118. The van der Waals surface area contributed by atoms with Gasteiger partial charge in [-0.3, -0.25) is 14.3 Å². The van der Waals surface area contributed by atoms with Crippen LogP contribution in [0.3, 0.4) is 0 Å². The molecule has 0 aliphatic carbocycles. The van der Waals surface area contributed by atoms with E-state index in [1.807, 2.05) is 11.5 Å². The van der Waals surface area contributed by atoms with E-state index in [2.05, 4.69) is 20.2 Å². The van der Waals surface area contributed by atoms with E-state index in [0.29, 0.717) is 23.2 Å². The van der Waals surface area contributed by atoms with Gasteiger partial charge in [-0.2, -0.15) is 0 Å². The van der Waals surface area contributed by atoms with Crippen molar-refractivity contribution in [2.45, 2.75) is 25.5 Å². The van der Waals surface area contributed by atoms with Crippen molar-refractivity contribution in [3.05, 3.63) is 24.3 Å². The number of anilines is 1. The Hall–Kier alpha value is -2.60. The second kappa shape index (κ2) is 10.3. The van der Waals surface area contributed by atoms with E-state index in [-0.39, 0.29) is 24.8 Å². The number of carbonyl (C=O) groups is 2. The van der Waals surface area contributed by atoms with Gasteiger partial charge in [-0.05, 0) is 38.1 Å². The van der Waals surface area contributed by atoms with Crippen molar-refractivity contribution in [3.8, 4) is 11.4 Å². The summed E-state index contributed by atoms with van der Waals surface area (Å²) in [7, 11) is -3.35. The average Bonchev–Trinajstić information content (AvgIpc) is 3.07. The minimum absolute atomic E-state index is 0.0781.